The summed E-state index contributed by atoms with van der Waals surface area (Å²) in [6, 6.07) is 5.75. The SMILES string of the molecule is Cc1ccc(C(CNC2CCCC2C2COCCN2)N2CCCC2)o1. The van der Waals surface area contributed by atoms with E-state index in [1.807, 2.05) is 6.92 Å². The van der Waals surface area contributed by atoms with Crippen molar-refractivity contribution in [2.45, 2.75) is 57.2 Å². The molecule has 1 aliphatic carbocycles. The van der Waals surface area contributed by atoms with Crippen molar-refractivity contribution < 1.29 is 9.15 Å². The topological polar surface area (TPSA) is 49.7 Å². The highest BCUT2D eigenvalue weighted by Crippen LogP contribution is 2.31. The van der Waals surface area contributed by atoms with E-state index in [0.29, 0.717) is 24.0 Å². The molecule has 0 radical (unpaired) electrons. The molecular weight excluding hydrogens is 314 g/mol. The fourth-order valence-electron chi connectivity index (χ4n) is 4.94. The van der Waals surface area contributed by atoms with Gasteiger partial charge in [0.15, 0.2) is 0 Å². The van der Waals surface area contributed by atoms with Crippen molar-refractivity contribution in [3.8, 4) is 0 Å². The molecule has 2 N–H and O–H groups in total. The lowest BCUT2D eigenvalue weighted by Gasteiger charge is -2.34. The summed E-state index contributed by atoms with van der Waals surface area (Å²) in [6.07, 6.45) is 6.55. The van der Waals surface area contributed by atoms with E-state index in [-0.39, 0.29) is 0 Å². The molecule has 4 rings (SSSR count). The van der Waals surface area contributed by atoms with Crippen molar-refractivity contribution >= 4 is 0 Å². The molecule has 4 atom stereocenters. The summed E-state index contributed by atoms with van der Waals surface area (Å²) in [5.74, 6) is 2.83. The summed E-state index contributed by atoms with van der Waals surface area (Å²) in [5.41, 5.74) is 0. The zero-order chi connectivity index (χ0) is 17.1. The highest BCUT2D eigenvalue weighted by molar-refractivity contribution is 5.11. The van der Waals surface area contributed by atoms with Crippen LogP contribution < -0.4 is 10.6 Å². The van der Waals surface area contributed by atoms with Gasteiger partial charge in [-0.1, -0.05) is 6.42 Å². The molecule has 2 aliphatic heterocycles. The van der Waals surface area contributed by atoms with Crippen LogP contribution >= 0.6 is 0 Å². The number of nitrogens with zero attached hydrogens (tertiary/aromatic N) is 1. The van der Waals surface area contributed by atoms with E-state index in [0.717, 1.165) is 37.8 Å². The minimum Gasteiger partial charge on any atom is -0.465 e. The molecule has 0 bridgehead atoms. The fourth-order valence-corrected chi connectivity index (χ4v) is 4.94. The Hall–Kier alpha value is -0.880. The standard InChI is InChI=1S/C20H33N3O2/c1-15-7-8-20(25-15)19(23-10-2-3-11-23)13-22-17-6-4-5-16(17)18-14-24-12-9-21-18/h7-8,16-19,21-22H,2-6,9-14H2,1H3. The van der Waals surface area contributed by atoms with Crippen LogP contribution in [0.1, 0.15) is 49.7 Å². The number of hydrogen-bond acceptors (Lipinski definition) is 5. The Morgan fingerprint density at radius 1 is 1.24 bits per heavy atom. The number of rotatable bonds is 6. The lowest BCUT2D eigenvalue weighted by atomic mass is 9.93. The second-order valence-electron chi connectivity index (χ2n) is 7.95. The zero-order valence-electron chi connectivity index (χ0n) is 15.5. The Balaban J connectivity index is 1.39. The molecule has 140 valence electrons. The van der Waals surface area contributed by atoms with Crippen molar-refractivity contribution in [2.24, 2.45) is 5.92 Å². The van der Waals surface area contributed by atoms with Crippen LogP contribution in [0.2, 0.25) is 0 Å². The van der Waals surface area contributed by atoms with Crippen LogP contribution in [0.4, 0.5) is 0 Å². The van der Waals surface area contributed by atoms with Crippen molar-refractivity contribution in [2.75, 3.05) is 39.4 Å². The van der Waals surface area contributed by atoms with Gasteiger partial charge < -0.3 is 19.8 Å². The Morgan fingerprint density at radius 3 is 2.84 bits per heavy atom. The van der Waals surface area contributed by atoms with Gasteiger partial charge in [-0.05, 0) is 63.7 Å². The van der Waals surface area contributed by atoms with E-state index >= 15 is 0 Å². The first kappa shape index (κ1) is 17.5. The van der Waals surface area contributed by atoms with Gasteiger partial charge in [0.2, 0.25) is 0 Å². The Bertz CT molecular complexity index is 535. The number of likely N-dealkylation sites (tertiary alicyclic amines) is 1. The first-order valence-corrected chi connectivity index (χ1v) is 10.2. The van der Waals surface area contributed by atoms with Gasteiger partial charge in [0.05, 0.1) is 19.3 Å². The van der Waals surface area contributed by atoms with Crippen molar-refractivity contribution in [3.05, 3.63) is 23.7 Å². The first-order valence-electron chi connectivity index (χ1n) is 10.2. The Labute approximate surface area is 151 Å². The summed E-state index contributed by atoms with van der Waals surface area (Å²) >= 11 is 0. The fraction of sp³-hybridized carbons (Fsp3) is 0.800. The van der Waals surface area contributed by atoms with Gasteiger partial charge in [-0.25, -0.2) is 0 Å². The molecule has 1 aromatic heterocycles. The van der Waals surface area contributed by atoms with Gasteiger partial charge in [-0.3, -0.25) is 4.90 Å². The predicted molar refractivity (Wildman–Crippen MR) is 98.7 cm³/mol. The number of aryl methyl sites for hydroxylation is 1. The van der Waals surface area contributed by atoms with Gasteiger partial charge in [0.25, 0.3) is 0 Å². The summed E-state index contributed by atoms with van der Waals surface area (Å²) in [6.45, 7) is 8.14. The average molecular weight is 348 g/mol. The molecule has 4 unspecified atom stereocenters. The molecule has 0 amide bonds. The van der Waals surface area contributed by atoms with Crippen LogP contribution in [-0.2, 0) is 4.74 Å². The molecule has 0 spiro atoms. The highest BCUT2D eigenvalue weighted by atomic mass is 16.5. The maximum absolute atomic E-state index is 6.00. The van der Waals surface area contributed by atoms with Crippen LogP contribution in [0.3, 0.4) is 0 Å². The number of hydrogen-bond donors (Lipinski definition) is 2. The van der Waals surface area contributed by atoms with Crippen LogP contribution in [0.15, 0.2) is 16.5 Å². The van der Waals surface area contributed by atoms with E-state index in [1.165, 1.54) is 45.2 Å². The quantitative estimate of drug-likeness (QED) is 0.828. The molecule has 1 saturated carbocycles. The highest BCUT2D eigenvalue weighted by Gasteiger charge is 2.35. The van der Waals surface area contributed by atoms with Crippen LogP contribution in [-0.4, -0.2) is 56.4 Å². The van der Waals surface area contributed by atoms with Gasteiger partial charge in [0, 0.05) is 25.2 Å². The summed E-state index contributed by atoms with van der Waals surface area (Å²) in [7, 11) is 0. The predicted octanol–water partition coefficient (Wildman–Crippen LogP) is 2.47. The van der Waals surface area contributed by atoms with Gasteiger partial charge in [-0.15, -0.1) is 0 Å². The third kappa shape index (κ3) is 4.11. The summed E-state index contributed by atoms with van der Waals surface area (Å²) in [4.78, 5) is 2.59. The molecular formula is C20H33N3O2. The van der Waals surface area contributed by atoms with Crippen LogP contribution in [0, 0.1) is 12.8 Å². The second-order valence-corrected chi connectivity index (χ2v) is 7.95. The van der Waals surface area contributed by atoms with Gasteiger partial charge in [0.1, 0.15) is 11.5 Å². The van der Waals surface area contributed by atoms with E-state index in [4.69, 9.17) is 9.15 Å². The minimum absolute atomic E-state index is 0.369. The second kappa shape index (κ2) is 8.21. The van der Waals surface area contributed by atoms with E-state index < -0.39 is 0 Å². The smallest absolute Gasteiger partial charge is 0.122 e. The molecule has 25 heavy (non-hydrogen) atoms. The van der Waals surface area contributed by atoms with E-state index in [9.17, 15) is 0 Å². The number of nitrogens with one attached hydrogen (secondary N) is 2. The summed E-state index contributed by atoms with van der Waals surface area (Å²) in [5, 5.41) is 7.59. The third-order valence-electron chi connectivity index (χ3n) is 6.28. The number of furan rings is 1. The monoisotopic (exact) mass is 347 g/mol. The first-order chi connectivity index (χ1) is 12.3. The largest absolute Gasteiger partial charge is 0.465 e. The molecule has 2 saturated heterocycles. The Morgan fingerprint density at radius 2 is 2.12 bits per heavy atom. The van der Waals surface area contributed by atoms with Crippen LogP contribution in [0.5, 0.6) is 0 Å². The summed E-state index contributed by atoms with van der Waals surface area (Å²) < 4.78 is 11.7. The lowest BCUT2D eigenvalue weighted by Crippen LogP contribution is -2.51. The van der Waals surface area contributed by atoms with Gasteiger partial charge >= 0.3 is 0 Å². The molecule has 3 aliphatic rings. The van der Waals surface area contributed by atoms with Crippen molar-refractivity contribution in [1.82, 2.24) is 15.5 Å². The van der Waals surface area contributed by atoms with Crippen LogP contribution in [0.25, 0.3) is 0 Å². The van der Waals surface area contributed by atoms with Crippen molar-refractivity contribution in [1.29, 1.82) is 0 Å². The molecule has 3 fully saturated rings. The molecule has 3 heterocycles. The molecule has 5 heteroatoms. The minimum atomic E-state index is 0.369. The zero-order valence-corrected chi connectivity index (χ0v) is 15.5. The maximum atomic E-state index is 6.00. The van der Waals surface area contributed by atoms with Gasteiger partial charge in [-0.2, -0.15) is 0 Å². The lowest BCUT2D eigenvalue weighted by molar-refractivity contribution is 0.0518. The molecule has 5 nitrogen and oxygen atoms in total. The normalized spacial score (nSPS) is 32.3. The van der Waals surface area contributed by atoms with E-state index in [2.05, 4.69) is 27.7 Å². The molecule has 0 aromatic carbocycles. The number of ether oxygens (including phenoxy) is 1. The average Bonchev–Trinajstić information content (AvgIpc) is 3.38. The Kier molecular flexibility index (Phi) is 5.76. The molecule has 1 aromatic rings. The number of morpholine rings is 1. The van der Waals surface area contributed by atoms with Crippen molar-refractivity contribution in [3.63, 3.8) is 0 Å². The third-order valence-corrected chi connectivity index (χ3v) is 6.28. The maximum Gasteiger partial charge on any atom is 0.122 e. The van der Waals surface area contributed by atoms with E-state index in [1.54, 1.807) is 0 Å².